The zero-order valence-corrected chi connectivity index (χ0v) is 32.8. The van der Waals surface area contributed by atoms with Crippen LogP contribution in [0.1, 0.15) is 61.8 Å². The lowest BCUT2D eigenvalue weighted by Gasteiger charge is -2.19. The maximum Gasteiger partial charge on any atom is 0.240 e. The lowest BCUT2D eigenvalue weighted by Crippen LogP contribution is -2.29. The molecule has 2 aliphatic rings. The predicted octanol–water partition coefficient (Wildman–Crippen LogP) is 10.5. The third kappa shape index (κ3) is 8.63. The van der Waals surface area contributed by atoms with E-state index < -0.39 is 21.1 Å². The first-order valence-corrected chi connectivity index (χ1v) is 20.7. The number of hydrogen-bond donors (Lipinski definition) is 3. The van der Waals surface area contributed by atoms with E-state index in [1.807, 2.05) is 68.4 Å². The molecular formula is C43H47N3O5S2. The molecule has 0 saturated heterocycles. The number of anilines is 2. The van der Waals surface area contributed by atoms with Crippen LogP contribution in [0.15, 0.2) is 110 Å². The smallest absolute Gasteiger partial charge is 0.240 e. The topological polar surface area (TPSA) is 121 Å². The molecule has 6 rings (SSSR count). The fraction of sp³-hybridized carbons (Fsp3) is 0.279. The van der Waals surface area contributed by atoms with Gasteiger partial charge in [0.1, 0.15) is 11.3 Å². The number of sulfonamides is 1. The van der Waals surface area contributed by atoms with Crippen LogP contribution in [0.5, 0.6) is 0 Å². The molecule has 276 valence electrons. The number of benzene rings is 5. The van der Waals surface area contributed by atoms with Crippen LogP contribution in [0, 0.1) is 33.6 Å². The maximum absolute atomic E-state index is 13.5. The number of nitrogens with one attached hydrogen (secondary N) is 2. The molecular weight excluding hydrogens is 703 g/mol. The fourth-order valence-corrected chi connectivity index (χ4v) is 8.57. The van der Waals surface area contributed by atoms with Crippen LogP contribution in [0.3, 0.4) is 0 Å². The van der Waals surface area contributed by atoms with Crippen molar-refractivity contribution in [2.24, 2.45) is 10.9 Å². The summed E-state index contributed by atoms with van der Waals surface area (Å²) in [7, 11) is -3.95. The van der Waals surface area contributed by atoms with Gasteiger partial charge in [0.2, 0.25) is 10.0 Å². The number of unbranched alkanes of at least 4 members (excludes halogenated alkanes) is 1. The Labute approximate surface area is 315 Å². The minimum absolute atomic E-state index is 0.0128. The quantitative estimate of drug-likeness (QED) is 0.0798. The minimum atomic E-state index is -3.95. The summed E-state index contributed by atoms with van der Waals surface area (Å²) in [5, 5.41) is 4.89. The van der Waals surface area contributed by atoms with Crippen LogP contribution < -0.4 is 15.4 Å². The zero-order chi connectivity index (χ0) is 37.9. The van der Waals surface area contributed by atoms with E-state index in [4.69, 9.17) is 9.41 Å². The predicted molar refractivity (Wildman–Crippen MR) is 216 cm³/mol. The van der Waals surface area contributed by atoms with Gasteiger partial charge >= 0.3 is 0 Å². The second-order valence-electron chi connectivity index (χ2n) is 13.9. The zero-order valence-electron chi connectivity index (χ0n) is 31.1. The lowest BCUT2D eigenvalue weighted by atomic mass is 9.93. The van der Waals surface area contributed by atoms with E-state index in [9.17, 15) is 17.2 Å². The Kier molecular flexibility index (Phi) is 11.6. The summed E-state index contributed by atoms with van der Waals surface area (Å²) in [4.78, 5) is 4.83. The Hall–Kier alpha value is -4.61. The molecule has 8 nitrogen and oxygen atoms in total. The second-order valence-corrected chi connectivity index (χ2v) is 16.6. The first-order valence-electron chi connectivity index (χ1n) is 18.1. The normalized spacial score (nSPS) is 13.5. The maximum atomic E-state index is 13.5. The summed E-state index contributed by atoms with van der Waals surface area (Å²) in [6.45, 7) is 12.7. The lowest BCUT2D eigenvalue weighted by molar-refractivity contribution is 0.443. The van der Waals surface area contributed by atoms with Gasteiger partial charge in [-0.3, -0.25) is 0 Å². The van der Waals surface area contributed by atoms with E-state index in [0.717, 1.165) is 59.4 Å². The molecule has 1 aliphatic heterocycles. The van der Waals surface area contributed by atoms with E-state index >= 15 is 0 Å². The monoisotopic (exact) mass is 749 g/mol. The van der Waals surface area contributed by atoms with E-state index in [1.165, 1.54) is 17.7 Å². The van der Waals surface area contributed by atoms with Gasteiger partial charge in [-0.05, 0) is 99.7 Å². The molecule has 0 spiro atoms. The van der Waals surface area contributed by atoms with Crippen molar-refractivity contribution in [3.63, 3.8) is 0 Å². The van der Waals surface area contributed by atoms with Gasteiger partial charge in [-0.25, -0.2) is 22.3 Å². The Balaban J connectivity index is 1.51. The van der Waals surface area contributed by atoms with Crippen molar-refractivity contribution in [2.45, 2.75) is 77.0 Å². The molecule has 1 aliphatic carbocycles. The van der Waals surface area contributed by atoms with Crippen LogP contribution in [0.25, 0.3) is 33.4 Å². The second kappa shape index (κ2) is 16.2. The van der Waals surface area contributed by atoms with Crippen LogP contribution in [0.4, 0.5) is 17.1 Å². The van der Waals surface area contributed by atoms with Crippen LogP contribution >= 0.6 is 0 Å². The SMILES string of the molecule is CCCCC(CC)CNS(=O)(=O)c1ccc(-c2c3ccc(=Nc4ccc(C)cc4C)cc-3oc3cc(Nc4ccc(C)cc4C)ccc23)c(S(=O)O)c1. The van der Waals surface area contributed by atoms with Crippen LogP contribution in [-0.2, 0) is 21.1 Å². The number of fused-ring (bicyclic) bond motifs is 2. The van der Waals surface area contributed by atoms with Crippen molar-refractivity contribution < 1.29 is 21.6 Å². The summed E-state index contributed by atoms with van der Waals surface area (Å²) in [6, 6.07) is 28.2. The van der Waals surface area contributed by atoms with Gasteiger partial charge in [-0.15, -0.1) is 0 Å². The molecule has 0 radical (unpaired) electrons. The molecule has 53 heavy (non-hydrogen) atoms. The van der Waals surface area contributed by atoms with Crippen molar-refractivity contribution in [3.05, 3.63) is 119 Å². The molecule has 0 aromatic heterocycles. The molecule has 4 aromatic rings. The van der Waals surface area contributed by atoms with Gasteiger partial charge in [0.15, 0.2) is 11.1 Å². The summed E-state index contributed by atoms with van der Waals surface area (Å²) < 4.78 is 60.1. The third-order valence-corrected chi connectivity index (χ3v) is 11.9. The minimum Gasteiger partial charge on any atom is -0.456 e. The molecule has 3 N–H and O–H groups in total. The van der Waals surface area contributed by atoms with Crippen molar-refractivity contribution in [2.75, 3.05) is 11.9 Å². The number of aryl methyl sites for hydroxylation is 4. The highest BCUT2D eigenvalue weighted by Gasteiger charge is 2.25. The van der Waals surface area contributed by atoms with E-state index in [1.54, 1.807) is 6.07 Å². The van der Waals surface area contributed by atoms with Gasteiger partial charge in [-0.2, -0.15) is 0 Å². The molecule has 0 amide bonds. The molecule has 0 saturated carbocycles. The van der Waals surface area contributed by atoms with Crippen molar-refractivity contribution >= 4 is 49.1 Å². The molecule has 2 atom stereocenters. The molecule has 0 bridgehead atoms. The number of hydrogen-bond acceptors (Lipinski definition) is 6. The Morgan fingerprint density at radius 1 is 0.830 bits per heavy atom. The molecule has 4 aromatic carbocycles. The average Bonchev–Trinajstić information content (AvgIpc) is 3.12. The van der Waals surface area contributed by atoms with E-state index in [-0.39, 0.29) is 15.7 Å². The van der Waals surface area contributed by atoms with E-state index in [2.05, 4.69) is 55.9 Å². The summed E-state index contributed by atoms with van der Waals surface area (Å²) in [5.74, 6) is 0.731. The summed E-state index contributed by atoms with van der Waals surface area (Å²) in [5.41, 5.74) is 9.39. The molecule has 0 fully saturated rings. The highest BCUT2D eigenvalue weighted by molar-refractivity contribution is 7.89. The van der Waals surface area contributed by atoms with Crippen molar-refractivity contribution in [1.29, 1.82) is 0 Å². The van der Waals surface area contributed by atoms with Gasteiger partial charge in [0, 0.05) is 52.1 Å². The van der Waals surface area contributed by atoms with Crippen molar-refractivity contribution in [3.8, 4) is 22.5 Å². The Morgan fingerprint density at radius 2 is 1.57 bits per heavy atom. The first-order chi connectivity index (χ1) is 25.4. The van der Waals surface area contributed by atoms with Crippen molar-refractivity contribution in [1.82, 2.24) is 4.72 Å². The average molecular weight is 750 g/mol. The molecule has 2 unspecified atom stereocenters. The summed E-state index contributed by atoms with van der Waals surface area (Å²) >= 11 is -2.52. The number of nitrogens with zero attached hydrogens (tertiary/aromatic N) is 1. The largest absolute Gasteiger partial charge is 0.456 e. The van der Waals surface area contributed by atoms with Gasteiger partial charge < -0.3 is 14.3 Å². The first kappa shape index (κ1) is 38.1. The van der Waals surface area contributed by atoms with Gasteiger partial charge in [-0.1, -0.05) is 74.6 Å². The van der Waals surface area contributed by atoms with E-state index in [0.29, 0.717) is 45.3 Å². The molecule has 10 heteroatoms. The van der Waals surface area contributed by atoms with Crippen LogP contribution in [0.2, 0.25) is 0 Å². The van der Waals surface area contributed by atoms with Gasteiger partial charge in [0.25, 0.3) is 0 Å². The highest BCUT2D eigenvalue weighted by Crippen LogP contribution is 2.43. The Morgan fingerprint density at radius 3 is 2.26 bits per heavy atom. The third-order valence-electron chi connectivity index (χ3n) is 9.79. The molecule has 1 heterocycles. The Bertz CT molecular complexity index is 2470. The number of rotatable bonds is 13. The van der Waals surface area contributed by atoms with Gasteiger partial charge in [0.05, 0.1) is 20.8 Å². The summed E-state index contributed by atoms with van der Waals surface area (Å²) in [6.07, 6.45) is 3.85. The van der Waals surface area contributed by atoms with Crippen LogP contribution in [-0.4, -0.2) is 23.7 Å². The fourth-order valence-electron chi connectivity index (χ4n) is 6.77. The highest BCUT2D eigenvalue weighted by atomic mass is 32.2. The standard InChI is InChI=1S/C43H47N3O5S2/c1-7-9-10-31(8-2)26-44-53(49,50)34-15-18-37(42(25-34)52(47)48)43-35-16-13-32(45-38-19-11-27(3)21-29(38)5)23-40(35)51-41-24-33(14-17-36(41)43)46-39-20-12-28(4)22-30(39)6/h11-25,31,44-45H,7-10,26H2,1-6H3,(H,47,48).